The summed E-state index contributed by atoms with van der Waals surface area (Å²) in [6, 6.07) is 16.5. The molecule has 0 amide bonds. The molecule has 27 heavy (non-hydrogen) atoms. The second-order valence-electron chi connectivity index (χ2n) is 6.73. The molecule has 0 saturated heterocycles. The first-order valence-electron chi connectivity index (χ1n) is 9.49. The molecular formula is C22H22N4S. The standard InChI is InChI=1S/C22H22N4S/c1-2-3-10-25-22-26-12-5-11-24-21(26)19-9-8-18(14-20(19)27-22)17-7-4-6-16(13-17)15-23/h4,6-9,13-14H,2-3,5,10-12H2,1H3. The van der Waals surface area contributed by atoms with E-state index < -0.39 is 0 Å². The van der Waals surface area contributed by atoms with E-state index in [0.29, 0.717) is 5.56 Å². The van der Waals surface area contributed by atoms with E-state index in [9.17, 15) is 5.26 Å². The summed E-state index contributed by atoms with van der Waals surface area (Å²) in [6.07, 6.45) is 3.34. The molecule has 0 N–H and O–H groups in total. The molecule has 0 fully saturated rings. The molecule has 2 aliphatic rings. The molecule has 4 rings (SSSR count). The minimum Gasteiger partial charge on any atom is -0.305 e. The van der Waals surface area contributed by atoms with Crippen molar-refractivity contribution in [1.29, 1.82) is 5.26 Å². The third-order valence-electron chi connectivity index (χ3n) is 4.80. The summed E-state index contributed by atoms with van der Waals surface area (Å²) in [5, 5.41) is 10.2. The third kappa shape index (κ3) is 3.63. The van der Waals surface area contributed by atoms with Gasteiger partial charge in [-0.15, -0.1) is 0 Å². The van der Waals surface area contributed by atoms with E-state index in [1.54, 1.807) is 11.8 Å². The zero-order valence-electron chi connectivity index (χ0n) is 15.5. The molecular weight excluding hydrogens is 352 g/mol. The van der Waals surface area contributed by atoms with Crippen molar-refractivity contribution in [2.24, 2.45) is 9.98 Å². The van der Waals surface area contributed by atoms with E-state index in [0.717, 1.165) is 61.0 Å². The van der Waals surface area contributed by atoms with Gasteiger partial charge in [-0.2, -0.15) is 5.26 Å². The largest absolute Gasteiger partial charge is 0.305 e. The first-order valence-corrected chi connectivity index (χ1v) is 10.3. The summed E-state index contributed by atoms with van der Waals surface area (Å²) in [5.41, 5.74) is 4.06. The number of rotatable bonds is 4. The topological polar surface area (TPSA) is 51.8 Å². The van der Waals surface area contributed by atoms with Gasteiger partial charge >= 0.3 is 0 Å². The summed E-state index contributed by atoms with van der Waals surface area (Å²) in [5.74, 6) is 1.06. The van der Waals surface area contributed by atoms with Crippen LogP contribution in [0.25, 0.3) is 11.1 Å². The van der Waals surface area contributed by atoms with Crippen LogP contribution in [0.2, 0.25) is 0 Å². The monoisotopic (exact) mass is 374 g/mol. The fourth-order valence-electron chi connectivity index (χ4n) is 3.37. The van der Waals surface area contributed by atoms with Gasteiger partial charge in [-0.25, -0.2) is 0 Å². The van der Waals surface area contributed by atoms with Crippen LogP contribution in [0.15, 0.2) is 57.3 Å². The summed E-state index contributed by atoms with van der Waals surface area (Å²) < 4.78 is 0. The highest BCUT2D eigenvalue weighted by Gasteiger charge is 2.30. The highest BCUT2D eigenvalue weighted by molar-refractivity contribution is 8.14. The molecule has 0 spiro atoms. The van der Waals surface area contributed by atoms with Crippen LogP contribution in [0.5, 0.6) is 0 Å². The van der Waals surface area contributed by atoms with Crippen LogP contribution in [0.1, 0.15) is 37.3 Å². The Morgan fingerprint density at radius 3 is 2.96 bits per heavy atom. The van der Waals surface area contributed by atoms with Gasteiger partial charge in [0.2, 0.25) is 0 Å². The van der Waals surface area contributed by atoms with E-state index in [2.05, 4.69) is 42.2 Å². The van der Waals surface area contributed by atoms with Crippen molar-refractivity contribution >= 4 is 22.8 Å². The van der Waals surface area contributed by atoms with Crippen LogP contribution in [0.3, 0.4) is 0 Å². The maximum atomic E-state index is 9.18. The van der Waals surface area contributed by atoms with Crippen molar-refractivity contribution in [2.75, 3.05) is 19.6 Å². The van der Waals surface area contributed by atoms with Gasteiger partial charge in [-0.05, 0) is 48.2 Å². The predicted octanol–water partition coefficient (Wildman–Crippen LogP) is 4.94. The molecule has 0 saturated carbocycles. The lowest BCUT2D eigenvalue weighted by Crippen LogP contribution is -2.42. The Kier molecular flexibility index (Phi) is 5.26. The molecule has 2 aromatic carbocycles. The molecule has 4 nitrogen and oxygen atoms in total. The second-order valence-corrected chi connectivity index (χ2v) is 7.74. The minimum absolute atomic E-state index is 0.683. The van der Waals surface area contributed by atoms with Gasteiger partial charge < -0.3 is 4.90 Å². The number of nitriles is 1. The maximum Gasteiger partial charge on any atom is 0.169 e. The van der Waals surface area contributed by atoms with Crippen LogP contribution in [-0.4, -0.2) is 35.5 Å². The zero-order valence-corrected chi connectivity index (χ0v) is 16.3. The number of aliphatic imine (C=N–C) groups is 2. The fourth-order valence-corrected chi connectivity index (χ4v) is 4.46. The Morgan fingerprint density at radius 1 is 1.22 bits per heavy atom. The van der Waals surface area contributed by atoms with Gasteiger partial charge in [0.05, 0.1) is 11.6 Å². The number of unbranched alkanes of at least 4 members (excludes halogenated alkanes) is 1. The Balaban J connectivity index is 1.74. The first-order chi connectivity index (χ1) is 13.3. The lowest BCUT2D eigenvalue weighted by molar-refractivity contribution is 0.551. The van der Waals surface area contributed by atoms with Crippen molar-refractivity contribution in [2.45, 2.75) is 31.1 Å². The van der Waals surface area contributed by atoms with Gasteiger partial charge in [0.1, 0.15) is 5.84 Å². The third-order valence-corrected chi connectivity index (χ3v) is 5.89. The summed E-state index contributed by atoms with van der Waals surface area (Å²) in [6.45, 7) is 4.92. The van der Waals surface area contributed by atoms with E-state index >= 15 is 0 Å². The normalized spacial score (nSPS) is 17.1. The van der Waals surface area contributed by atoms with Crippen LogP contribution in [0.4, 0.5) is 0 Å². The number of hydrogen-bond donors (Lipinski definition) is 0. The summed E-state index contributed by atoms with van der Waals surface area (Å²) >= 11 is 1.74. The quantitative estimate of drug-likeness (QED) is 0.712. The Bertz CT molecular complexity index is 955. The minimum atomic E-state index is 0.683. The number of hydrogen-bond acceptors (Lipinski definition) is 4. The molecule has 0 unspecified atom stereocenters. The van der Waals surface area contributed by atoms with Crippen molar-refractivity contribution in [3.63, 3.8) is 0 Å². The smallest absolute Gasteiger partial charge is 0.169 e. The van der Waals surface area contributed by atoms with Gasteiger partial charge in [-0.1, -0.05) is 43.3 Å². The Hall–Kier alpha value is -2.58. The molecule has 2 aromatic rings. The lowest BCUT2D eigenvalue weighted by Gasteiger charge is -2.35. The Morgan fingerprint density at radius 2 is 2.11 bits per heavy atom. The SMILES string of the molecule is CCCCN=C1Sc2cc(-c3cccc(C#N)c3)ccc2C2=NCCCN12. The van der Waals surface area contributed by atoms with Crippen molar-refractivity contribution in [3.8, 4) is 17.2 Å². The highest BCUT2D eigenvalue weighted by atomic mass is 32.2. The van der Waals surface area contributed by atoms with E-state index in [1.165, 1.54) is 10.5 Å². The average Bonchev–Trinajstić information content (AvgIpc) is 2.73. The van der Waals surface area contributed by atoms with Crippen LogP contribution in [-0.2, 0) is 0 Å². The van der Waals surface area contributed by atoms with Crippen molar-refractivity contribution in [3.05, 3.63) is 53.6 Å². The van der Waals surface area contributed by atoms with Gasteiger partial charge in [-0.3, -0.25) is 9.98 Å². The summed E-state index contributed by atoms with van der Waals surface area (Å²) in [4.78, 5) is 13.2. The molecule has 0 aliphatic carbocycles. The molecule has 0 radical (unpaired) electrons. The zero-order chi connectivity index (χ0) is 18.6. The van der Waals surface area contributed by atoms with Gasteiger partial charge in [0.15, 0.2) is 5.17 Å². The van der Waals surface area contributed by atoms with Crippen LogP contribution >= 0.6 is 11.8 Å². The number of fused-ring (bicyclic) bond motifs is 3. The van der Waals surface area contributed by atoms with Crippen LogP contribution < -0.4 is 0 Å². The van der Waals surface area contributed by atoms with Crippen LogP contribution in [0, 0.1) is 11.3 Å². The molecule has 0 bridgehead atoms. The second kappa shape index (κ2) is 7.98. The van der Waals surface area contributed by atoms with Crippen molar-refractivity contribution < 1.29 is 0 Å². The number of amidine groups is 2. The number of thioether (sulfide) groups is 1. The Labute approximate surface area is 164 Å². The van der Waals surface area contributed by atoms with E-state index in [4.69, 9.17) is 9.98 Å². The number of benzene rings is 2. The molecule has 2 aliphatic heterocycles. The average molecular weight is 375 g/mol. The van der Waals surface area contributed by atoms with E-state index in [-0.39, 0.29) is 0 Å². The van der Waals surface area contributed by atoms with Gasteiger partial charge in [0, 0.05) is 30.1 Å². The molecule has 5 heteroatoms. The predicted molar refractivity (Wildman–Crippen MR) is 112 cm³/mol. The summed E-state index contributed by atoms with van der Waals surface area (Å²) in [7, 11) is 0. The van der Waals surface area contributed by atoms with E-state index in [1.807, 2.05) is 18.2 Å². The fraction of sp³-hybridized carbons (Fsp3) is 0.318. The molecule has 2 heterocycles. The highest BCUT2D eigenvalue weighted by Crippen LogP contribution is 2.37. The van der Waals surface area contributed by atoms with Gasteiger partial charge in [0.25, 0.3) is 0 Å². The lowest BCUT2D eigenvalue weighted by atomic mass is 10.0. The molecule has 136 valence electrons. The van der Waals surface area contributed by atoms with Crippen molar-refractivity contribution in [1.82, 2.24) is 4.90 Å². The first kappa shape index (κ1) is 17.8. The molecule has 0 aromatic heterocycles. The maximum absolute atomic E-state index is 9.18. The molecule has 0 atom stereocenters. The number of nitrogens with zero attached hydrogens (tertiary/aromatic N) is 4.